The number of nitrogens with one attached hydrogen (secondary N) is 1. The first-order valence-electron chi connectivity index (χ1n) is 8.71. The van der Waals surface area contributed by atoms with Crippen LogP contribution in [0, 0.1) is 0 Å². The van der Waals surface area contributed by atoms with E-state index in [9.17, 15) is 13.2 Å². The Morgan fingerprint density at radius 2 is 1.46 bits per heavy atom. The molecule has 140 valence electrons. The lowest BCUT2D eigenvalue weighted by atomic mass is 9.86. The van der Waals surface area contributed by atoms with Gasteiger partial charge in [-0.1, -0.05) is 57.2 Å². The van der Waals surface area contributed by atoms with Gasteiger partial charge in [-0.15, -0.1) is 0 Å². The molecular formula is C21H27NO3S. The molecule has 2 aromatic rings. The third kappa shape index (κ3) is 5.99. The van der Waals surface area contributed by atoms with Gasteiger partial charge in [0.05, 0.1) is 4.90 Å². The second kappa shape index (κ2) is 8.04. The van der Waals surface area contributed by atoms with Crippen LogP contribution in [-0.4, -0.2) is 20.6 Å². The quantitative estimate of drug-likeness (QED) is 0.841. The molecule has 1 N–H and O–H groups in total. The fourth-order valence-corrected chi connectivity index (χ4v) is 3.20. The van der Waals surface area contributed by atoms with Gasteiger partial charge in [-0.3, -0.25) is 4.79 Å². The lowest BCUT2D eigenvalue weighted by Crippen LogP contribution is -2.23. The van der Waals surface area contributed by atoms with Crippen LogP contribution in [0.25, 0.3) is 0 Å². The van der Waals surface area contributed by atoms with Crippen molar-refractivity contribution < 1.29 is 13.2 Å². The van der Waals surface area contributed by atoms with Crippen LogP contribution in [-0.2, 0) is 33.0 Å². The summed E-state index contributed by atoms with van der Waals surface area (Å²) in [5, 5.41) is 2.87. The first kappa shape index (κ1) is 20.2. The minimum Gasteiger partial charge on any atom is -0.352 e. The van der Waals surface area contributed by atoms with Crippen molar-refractivity contribution in [2.45, 2.75) is 50.5 Å². The molecule has 0 unspecified atom stereocenters. The van der Waals surface area contributed by atoms with Gasteiger partial charge in [0, 0.05) is 19.2 Å². The maximum absolute atomic E-state index is 12.0. The Hall–Kier alpha value is -2.14. The number of carbonyl (C=O) groups is 1. The second-order valence-electron chi connectivity index (χ2n) is 7.64. The summed E-state index contributed by atoms with van der Waals surface area (Å²) in [5.74, 6) is -0.0166. The van der Waals surface area contributed by atoms with Gasteiger partial charge in [-0.2, -0.15) is 0 Å². The summed E-state index contributed by atoms with van der Waals surface area (Å²) in [5.41, 5.74) is 3.43. The first-order valence-corrected chi connectivity index (χ1v) is 10.6. The van der Waals surface area contributed by atoms with Crippen molar-refractivity contribution in [3.8, 4) is 0 Å². The molecule has 0 atom stereocenters. The fourth-order valence-electron chi connectivity index (χ4n) is 2.57. The molecule has 0 saturated heterocycles. The normalized spacial score (nSPS) is 12.0. The summed E-state index contributed by atoms with van der Waals surface area (Å²) in [6.45, 7) is 6.93. The van der Waals surface area contributed by atoms with E-state index >= 15 is 0 Å². The number of benzene rings is 2. The average Bonchev–Trinajstić information content (AvgIpc) is 2.57. The van der Waals surface area contributed by atoms with Crippen LogP contribution in [0.15, 0.2) is 53.4 Å². The summed E-state index contributed by atoms with van der Waals surface area (Å²) in [7, 11) is -3.19. The number of sulfone groups is 1. The number of hydrogen-bond donors (Lipinski definition) is 1. The van der Waals surface area contributed by atoms with Crippen LogP contribution in [0.5, 0.6) is 0 Å². The molecule has 1 amide bonds. The number of carbonyl (C=O) groups excluding carboxylic acids is 1. The second-order valence-corrected chi connectivity index (χ2v) is 9.66. The zero-order valence-electron chi connectivity index (χ0n) is 15.9. The Kier molecular flexibility index (Phi) is 6.24. The first-order chi connectivity index (χ1) is 12.1. The van der Waals surface area contributed by atoms with Crippen molar-refractivity contribution in [1.82, 2.24) is 5.32 Å². The maximum atomic E-state index is 12.0. The lowest BCUT2D eigenvalue weighted by molar-refractivity contribution is -0.121. The van der Waals surface area contributed by atoms with Gasteiger partial charge in [-0.05, 0) is 40.7 Å². The molecule has 0 aliphatic heterocycles. The molecule has 0 fully saturated rings. The Morgan fingerprint density at radius 3 is 1.96 bits per heavy atom. The molecule has 0 saturated carbocycles. The topological polar surface area (TPSA) is 63.2 Å². The van der Waals surface area contributed by atoms with Crippen molar-refractivity contribution >= 4 is 15.7 Å². The highest BCUT2D eigenvalue weighted by molar-refractivity contribution is 7.90. The van der Waals surface area contributed by atoms with Crippen molar-refractivity contribution in [3.63, 3.8) is 0 Å². The molecule has 2 rings (SSSR count). The van der Waals surface area contributed by atoms with E-state index in [1.165, 1.54) is 11.8 Å². The molecule has 0 aromatic heterocycles. The van der Waals surface area contributed by atoms with E-state index in [2.05, 4.69) is 50.4 Å². The van der Waals surface area contributed by atoms with Crippen molar-refractivity contribution in [2.24, 2.45) is 0 Å². The zero-order chi connectivity index (χ0) is 19.4. The highest BCUT2D eigenvalue weighted by Gasteiger charge is 2.13. The van der Waals surface area contributed by atoms with Crippen LogP contribution in [0.1, 0.15) is 43.9 Å². The monoisotopic (exact) mass is 373 g/mol. The third-order valence-electron chi connectivity index (χ3n) is 4.30. The van der Waals surface area contributed by atoms with Crippen LogP contribution in [0.2, 0.25) is 0 Å². The smallest absolute Gasteiger partial charge is 0.220 e. The molecule has 5 heteroatoms. The summed E-state index contributed by atoms with van der Waals surface area (Å²) in [6, 6.07) is 15.0. The van der Waals surface area contributed by atoms with Crippen LogP contribution in [0.4, 0.5) is 0 Å². The average molecular weight is 374 g/mol. The lowest BCUT2D eigenvalue weighted by Gasteiger charge is -2.19. The Morgan fingerprint density at radius 1 is 0.923 bits per heavy atom. The molecule has 4 nitrogen and oxygen atoms in total. The van der Waals surface area contributed by atoms with E-state index < -0.39 is 9.84 Å². The molecule has 0 bridgehead atoms. The predicted octanol–water partition coefficient (Wildman–Crippen LogP) is 3.64. The van der Waals surface area contributed by atoms with Crippen LogP contribution < -0.4 is 5.32 Å². The number of rotatable bonds is 6. The highest BCUT2D eigenvalue weighted by Crippen LogP contribution is 2.22. The highest BCUT2D eigenvalue weighted by atomic mass is 32.2. The Bertz CT molecular complexity index is 846. The number of aryl methyl sites for hydroxylation is 1. The van der Waals surface area contributed by atoms with E-state index in [1.54, 1.807) is 24.3 Å². The number of hydrogen-bond acceptors (Lipinski definition) is 3. The van der Waals surface area contributed by atoms with E-state index in [0.717, 1.165) is 11.1 Å². The van der Waals surface area contributed by atoms with E-state index in [-0.39, 0.29) is 16.2 Å². The maximum Gasteiger partial charge on any atom is 0.220 e. The van der Waals surface area contributed by atoms with Gasteiger partial charge < -0.3 is 5.32 Å². The third-order valence-corrected chi connectivity index (χ3v) is 5.43. The summed E-state index contributed by atoms with van der Waals surface area (Å²) in [6.07, 6.45) is 2.30. The summed E-state index contributed by atoms with van der Waals surface area (Å²) in [4.78, 5) is 12.3. The molecule has 0 aliphatic carbocycles. The number of amides is 1. The molecule has 0 radical (unpaired) electrons. The zero-order valence-corrected chi connectivity index (χ0v) is 16.7. The van der Waals surface area contributed by atoms with Crippen molar-refractivity contribution in [2.75, 3.05) is 6.26 Å². The van der Waals surface area contributed by atoms with Crippen LogP contribution >= 0.6 is 0 Å². The molecular weight excluding hydrogens is 346 g/mol. The summed E-state index contributed by atoms with van der Waals surface area (Å²) < 4.78 is 22.9. The van der Waals surface area contributed by atoms with E-state index in [4.69, 9.17) is 0 Å². The van der Waals surface area contributed by atoms with Gasteiger partial charge in [0.15, 0.2) is 9.84 Å². The minimum atomic E-state index is -3.19. The van der Waals surface area contributed by atoms with Gasteiger partial charge >= 0.3 is 0 Å². The van der Waals surface area contributed by atoms with E-state index in [0.29, 0.717) is 19.4 Å². The standard InChI is InChI=1S/C21H27NO3S/c1-21(2,3)18-10-5-16(6-11-18)9-14-20(23)22-15-17-7-12-19(13-8-17)26(4,24)25/h5-8,10-13H,9,14-15H2,1-4H3,(H,22,23). The Balaban J connectivity index is 1.82. The fraction of sp³-hybridized carbons (Fsp3) is 0.381. The van der Waals surface area contributed by atoms with Gasteiger partial charge in [0.2, 0.25) is 5.91 Å². The van der Waals surface area contributed by atoms with Crippen molar-refractivity contribution in [3.05, 3.63) is 65.2 Å². The Labute approximate surface area is 156 Å². The molecule has 0 heterocycles. The SMILES string of the molecule is CC(C)(C)c1ccc(CCC(=O)NCc2ccc(S(C)(=O)=O)cc2)cc1. The van der Waals surface area contributed by atoms with Gasteiger partial charge in [0.25, 0.3) is 0 Å². The van der Waals surface area contributed by atoms with Gasteiger partial charge in [-0.25, -0.2) is 8.42 Å². The predicted molar refractivity (Wildman–Crippen MR) is 105 cm³/mol. The molecule has 0 spiro atoms. The molecule has 26 heavy (non-hydrogen) atoms. The molecule has 2 aromatic carbocycles. The van der Waals surface area contributed by atoms with Crippen molar-refractivity contribution in [1.29, 1.82) is 0 Å². The minimum absolute atomic E-state index is 0.0166. The summed E-state index contributed by atoms with van der Waals surface area (Å²) >= 11 is 0. The molecule has 0 aliphatic rings. The van der Waals surface area contributed by atoms with Crippen LogP contribution in [0.3, 0.4) is 0 Å². The van der Waals surface area contributed by atoms with Gasteiger partial charge in [0.1, 0.15) is 0 Å². The van der Waals surface area contributed by atoms with E-state index in [1.807, 2.05) is 0 Å². The largest absolute Gasteiger partial charge is 0.352 e.